The van der Waals surface area contributed by atoms with Gasteiger partial charge in [-0.05, 0) is 99.8 Å². The minimum atomic E-state index is -5.14. The van der Waals surface area contributed by atoms with Crippen LogP contribution in [0, 0.1) is 0 Å². The number of amides is 1. The molecule has 2 aliphatic rings. The Kier molecular flexibility index (Phi) is 9.11. The summed E-state index contributed by atoms with van der Waals surface area (Å²) in [5.41, 5.74) is -5.42. The number of anilines is 2. The van der Waals surface area contributed by atoms with Gasteiger partial charge in [0, 0.05) is 19.1 Å². The molecule has 5 rings (SSSR count). The normalized spacial score (nSPS) is 21.8. The van der Waals surface area contributed by atoms with E-state index in [0.717, 1.165) is 18.2 Å². The number of carbonyl (C=O) groups is 1. The minimum Gasteiger partial charge on any atom is -0.446 e. The van der Waals surface area contributed by atoms with Crippen molar-refractivity contribution in [3.8, 4) is 0 Å². The number of aromatic nitrogens is 4. The Bertz CT molecular complexity index is 1610. The molecule has 48 heavy (non-hydrogen) atoms. The quantitative estimate of drug-likeness (QED) is 0.271. The van der Waals surface area contributed by atoms with Gasteiger partial charge in [0.15, 0.2) is 0 Å². The highest BCUT2D eigenvalue weighted by Crippen LogP contribution is 2.45. The largest absolute Gasteiger partial charge is 0.446 e. The number of halogens is 9. The Hall–Kier alpha value is -4.09. The van der Waals surface area contributed by atoms with Crippen LogP contribution in [-0.2, 0) is 35.3 Å². The maximum atomic E-state index is 14.0. The fourth-order valence-electron chi connectivity index (χ4n) is 5.99. The summed E-state index contributed by atoms with van der Waals surface area (Å²) in [6.07, 6.45) is -16.1. The summed E-state index contributed by atoms with van der Waals surface area (Å²) in [5, 5.41) is 15.8. The Balaban J connectivity index is 1.70. The fraction of sp³-hybridized carbons (Fsp3) is 0.533. The van der Waals surface area contributed by atoms with Crippen molar-refractivity contribution in [3.63, 3.8) is 0 Å². The third-order valence-electron chi connectivity index (χ3n) is 8.38. The first-order valence-electron chi connectivity index (χ1n) is 14.9. The van der Waals surface area contributed by atoms with Crippen LogP contribution in [-0.4, -0.2) is 51.5 Å². The third-order valence-corrected chi connectivity index (χ3v) is 8.38. The molecule has 18 heteroatoms. The fourth-order valence-corrected chi connectivity index (χ4v) is 5.99. The smallest absolute Gasteiger partial charge is 0.416 e. The van der Waals surface area contributed by atoms with E-state index < -0.39 is 77.1 Å². The molecule has 0 unspecified atom stereocenters. The lowest BCUT2D eigenvalue weighted by atomic mass is 9.89. The molecule has 1 amide bonds. The van der Waals surface area contributed by atoms with Crippen LogP contribution in [0.2, 0.25) is 0 Å². The van der Waals surface area contributed by atoms with Gasteiger partial charge in [0.2, 0.25) is 0 Å². The number of hydrogen-bond donors (Lipinski definition) is 1. The molecule has 3 heterocycles. The molecule has 1 N–H and O–H groups in total. The van der Waals surface area contributed by atoms with Crippen molar-refractivity contribution < 1.29 is 49.0 Å². The van der Waals surface area contributed by atoms with Crippen LogP contribution in [0.4, 0.5) is 55.9 Å². The van der Waals surface area contributed by atoms with Gasteiger partial charge in [-0.2, -0.15) is 44.3 Å². The van der Waals surface area contributed by atoms with E-state index in [-0.39, 0.29) is 29.7 Å². The van der Waals surface area contributed by atoms with Crippen molar-refractivity contribution >= 4 is 17.7 Å². The first-order chi connectivity index (χ1) is 22.2. The molecular weight excluding hydrogens is 661 g/mol. The van der Waals surface area contributed by atoms with Gasteiger partial charge >= 0.3 is 24.6 Å². The highest BCUT2D eigenvalue weighted by Gasteiger charge is 2.43. The van der Waals surface area contributed by atoms with E-state index >= 15 is 0 Å². The third kappa shape index (κ3) is 7.17. The second-order valence-electron chi connectivity index (χ2n) is 12.5. The summed E-state index contributed by atoms with van der Waals surface area (Å²) in [4.78, 5) is 16.8. The average molecular weight is 694 g/mol. The van der Waals surface area contributed by atoms with Gasteiger partial charge in [0.25, 0.3) is 5.95 Å². The summed E-state index contributed by atoms with van der Waals surface area (Å²) in [5.74, 6) is -0.243. The summed E-state index contributed by atoms with van der Waals surface area (Å²) < 4.78 is 130. The number of rotatable bonds is 6. The Morgan fingerprint density at radius 2 is 1.62 bits per heavy atom. The van der Waals surface area contributed by atoms with E-state index in [0.29, 0.717) is 31.6 Å². The van der Waals surface area contributed by atoms with Gasteiger partial charge in [-0.3, -0.25) is 4.90 Å². The standard InChI is InChI=1S/C30H32F9N7O2/c1-16(2)48-26(47)45-17(3)9-24(22-13-19(28(31,32)33)5-6-23(22)45)44(25-41-43-46(42-25)27(4)7-8-40-15-27)14-18-10-20(29(34,35)36)12-21(11-18)30(37,38)39/h5-6,10-13,16-17,24,40H,7-9,14-15H2,1-4H3/t17-,24+,27+/m0/s1. The summed E-state index contributed by atoms with van der Waals surface area (Å²) in [6, 6.07) is 1.81. The van der Waals surface area contributed by atoms with E-state index in [1.165, 1.54) is 14.6 Å². The van der Waals surface area contributed by atoms with Gasteiger partial charge in [0.1, 0.15) is 0 Å². The van der Waals surface area contributed by atoms with Crippen molar-refractivity contribution in [2.24, 2.45) is 0 Å². The molecule has 1 aromatic heterocycles. The van der Waals surface area contributed by atoms with E-state index in [1.807, 2.05) is 6.92 Å². The maximum Gasteiger partial charge on any atom is 0.416 e. The molecule has 0 aliphatic carbocycles. The topological polar surface area (TPSA) is 88.4 Å². The Morgan fingerprint density at radius 1 is 1.00 bits per heavy atom. The van der Waals surface area contributed by atoms with Gasteiger partial charge in [0.05, 0.1) is 40.1 Å². The van der Waals surface area contributed by atoms with Gasteiger partial charge < -0.3 is 15.0 Å². The van der Waals surface area contributed by atoms with Crippen LogP contribution >= 0.6 is 0 Å². The second-order valence-corrected chi connectivity index (χ2v) is 12.5. The van der Waals surface area contributed by atoms with Crippen LogP contribution in [0.5, 0.6) is 0 Å². The molecule has 0 bridgehead atoms. The van der Waals surface area contributed by atoms with Gasteiger partial charge in [-0.25, -0.2) is 4.79 Å². The van der Waals surface area contributed by atoms with E-state index in [9.17, 15) is 44.3 Å². The Labute approximate surface area is 269 Å². The molecule has 9 nitrogen and oxygen atoms in total. The van der Waals surface area contributed by atoms with Crippen molar-refractivity contribution in [2.75, 3.05) is 22.9 Å². The predicted molar refractivity (Wildman–Crippen MR) is 154 cm³/mol. The zero-order valence-electron chi connectivity index (χ0n) is 26.1. The zero-order chi connectivity index (χ0) is 35.4. The van der Waals surface area contributed by atoms with E-state index in [4.69, 9.17) is 4.74 Å². The van der Waals surface area contributed by atoms with Gasteiger partial charge in [-0.15, -0.1) is 5.10 Å². The lowest BCUT2D eigenvalue weighted by Crippen LogP contribution is -2.47. The van der Waals surface area contributed by atoms with Crippen LogP contribution < -0.4 is 15.1 Å². The lowest BCUT2D eigenvalue weighted by Gasteiger charge is -2.43. The number of carbonyl (C=O) groups excluding carboxylic acids is 1. The summed E-state index contributed by atoms with van der Waals surface area (Å²) in [7, 11) is 0. The highest BCUT2D eigenvalue weighted by molar-refractivity contribution is 5.90. The van der Waals surface area contributed by atoms with Crippen LogP contribution in [0.1, 0.15) is 74.4 Å². The molecule has 262 valence electrons. The number of benzene rings is 2. The summed E-state index contributed by atoms with van der Waals surface area (Å²) >= 11 is 0. The second kappa shape index (κ2) is 12.4. The monoisotopic (exact) mass is 693 g/mol. The molecule has 2 aromatic carbocycles. The SMILES string of the molecule is CC(C)OC(=O)N1c2ccc(C(F)(F)F)cc2[C@H](N(Cc2cc(C(F)(F)F)cc(C(F)(F)F)c2)c2nnn([C@]3(C)CCNC3)n2)C[C@@H]1C. The molecular formula is C30H32F9N7O2. The number of nitrogens with zero attached hydrogens (tertiary/aromatic N) is 6. The predicted octanol–water partition coefficient (Wildman–Crippen LogP) is 7.33. The average Bonchev–Trinajstić information content (AvgIpc) is 3.64. The number of tetrazole rings is 1. The number of nitrogens with one attached hydrogen (secondary N) is 1. The minimum absolute atomic E-state index is 0.0118. The van der Waals surface area contributed by atoms with Crippen molar-refractivity contribution in [1.82, 2.24) is 25.5 Å². The Morgan fingerprint density at radius 3 is 2.17 bits per heavy atom. The molecule has 3 atom stereocenters. The number of fused-ring (bicyclic) bond motifs is 1. The maximum absolute atomic E-state index is 14.0. The molecule has 0 spiro atoms. The molecule has 3 aromatic rings. The molecule has 1 fully saturated rings. The van der Waals surface area contributed by atoms with Gasteiger partial charge in [-0.1, -0.05) is 5.10 Å². The van der Waals surface area contributed by atoms with Crippen LogP contribution in [0.25, 0.3) is 0 Å². The number of ether oxygens (including phenoxy) is 1. The molecule has 0 radical (unpaired) electrons. The van der Waals surface area contributed by atoms with E-state index in [2.05, 4.69) is 20.7 Å². The van der Waals surface area contributed by atoms with E-state index in [1.54, 1.807) is 20.8 Å². The molecule has 1 saturated heterocycles. The molecule has 2 aliphatic heterocycles. The number of hydrogen-bond acceptors (Lipinski definition) is 7. The lowest BCUT2D eigenvalue weighted by molar-refractivity contribution is -0.143. The van der Waals surface area contributed by atoms with Crippen molar-refractivity contribution in [3.05, 3.63) is 64.2 Å². The first kappa shape index (κ1) is 35.2. The van der Waals surface area contributed by atoms with Crippen molar-refractivity contribution in [1.29, 1.82) is 0 Å². The summed E-state index contributed by atoms with van der Waals surface area (Å²) in [6.45, 7) is 6.94. The van der Waals surface area contributed by atoms with Crippen LogP contribution in [0.3, 0.4) is 0 Å². The molecule has 0 saturated carbocycles. The van der Waals surface area contributed by atoms with Crippen molar-refractivity contribution in [2.45, 2.75) is 89.3 Å². The first-order valence-corrected chi connectivity index (χ1v) is 14.9. The van der Waals surface area contributed by atoms with Crippen LogP contribution in [0.15, 0.2) is 36.4 Å². The number of alkyl halides is 9. The highest BCUT2D eigenvalue weighted by atomic mass is 19.4. The zero-order valence-corrected chi connectivity index (χ0v) is 26.1.